The van der Waals surface area contributed by atoms with Gasteiger partial charge in [0.2, 0.25) is 11.8 Å². The molecule has 1 saturated heterocycles. The molecular formula is C17H22N2O2. The normalized spacial score (nSPS) is 24.0. The summed E-state index contributed by atoms with van der Waals surface area (Å²) in [4.78, 5) is 26.5. The minimum atomic E-state index is -0.341. The van der Waals surface area contributed by atoms with Crippen molar-refractivity contribution >= 4 is 17.5 Å². The minimum absolute atomic E-state index is 0.0482. The third-order valence-corrected chi connectivity index (χ3v) is 4.58. The molecule has 1 aromatic rings. The summed E-state index contributed by atoms with van der Waals surface area (Å²) in [6.07, 6.45) is 5.65. The number of hydrogen-bond donors (Lipinski definition) is 1. The Morgan fingerprint density at radius 3 is 2.62 bits per heavy atom. The molecule has 4 nitrogen and oxygen atoms in total. The van der Waals surface area contributed by atoms with Crippen LogP contribution < -0.4 is 10.2 Å². The minimum Gasteiger partial charge on any atom is -0.342 e. The van der Waals surface area contributed by atoms with E-state index in [0.29, 0.717) is 5.92 Å². The molecule has 1 heterocycles. The average molecular weight is 286 g/mol. The van der Waals surface area contributed by atoms with Gasteiger partial charge < -0.3 is 10.2 Å². The van der Waals surface area contributed by atoms with Crippen LogP contribution in [0.2, 0.25) is 0 Å². The number of carbonyl (C=O) groups excluding carboxylic acids is 2. The van der Waals surface area contributed by atoms with Gasteiger partial charge in [0.25, 0.3) is 0 Å². The Hall–Kier alpha value is -1.84. The van der Waals surface area contributed by atoms with E-state index in [2.05, 4.69) is 5.32 Å². The van der Waals surface area contributed by atoms with Crippen molar-refractivity contribution in [1.82, 2.24) is 5.32 Å². The number of benzene rings is 1. The maximum Gasteiger partial charge on any atom is 0.250 e. The SMILES string of the molecule is Cc1cccc(N2CC(=O)NC(C3CCCCC3)C2=O)c1. The largest absolute Gasteiger partial charge is 0.342 e. The first-order chi connectivity index (χ1) is 10.1. The highest BCUT2D eigenvalue weighted by atomic mass is 16.2. The van der Waals surface area contributed by atoms with Crippen LogP contribution >= 0.6 is 0 Å². The van der Waals surface area contributed by atoms with E-state index in [1.807, 2.05) is 31.2 Å². The molecule has 2 fully saturated rings. The van der Waals surface area contributed by atoms with Gasteiger partial charge in [0.15, 0.2) is 0 Å². The number of aryl methyl sites for hydroxylation is 1. The predicted octanol–water partition coefficient (Wildman–Crippen LogP) is 2.41. The fourth-order valence-corrected chi connectivity index (χ4v) is 3.47. The molecular weight excluding hydrogens is 264 g/mol. The fraction of sp³-hybridized carbons (Fsp3) is 0.529. The fourth-order valence-electron chi connectivity index (χ4n) is 3.47. The zero-order valence-electron chi connectivity index (χ0n) is 12.5. The van der Waals surface area contributed by atoms with Crippen LogP contribution in [0, 0.1) is 12.8 Å². The molecule has 1 saturated carbocycles. The van der Waals surface area contributed by atoms with E-state index in [9.17, 15) is 9.59 Å². The van der Waals surface area contributed by atoms with Gasteiger partial charge in [0, 0.05) is 5.69 Å². The van der Waals surface area contributed by atoms with Crippen LogP contribution in [0.15, 0.2) is 24.3 Å². The summed E-state index contributed by atoms with van der Waals surface area (Å²) >= 11 is 0. The molecule has 4 heteroatoms. The second-order valence-electron chi connectivity index (χ2n) is 6.21. The lowest BCUT2D eigenvalue weighted by Gasteiger charge is -2.37. The van der Waals surface area contributed by atoms with Crippen LogP contribution in [0.25, 0.3) is 0 Å². The lowest BCUT2D eigenvalue weighted by atomic mass is 9.82. The summed E-state index contributed by atoms with van der Waals surface area (Å²) in [5.41, 5.74) is 1.93. The molecule has 1 atom stereocenters. The molecule has 3 rings (SSSR count). The first-order valence-electron chi connectivity index (χ1n) is 7.82. The van der Waals surface area contributed by atoms with Gasteiger partial charge in [-0.25, -0.2) is 0 Å². The lowest BCUT2D eigenvalue weighted by Crippen LogP contribution is -2.61. The number of rotatable bonds is 2. The summed E-state index contributed by atoms with van der Waals surface area (Å²) in [6, 6.07) is 7.46. The second-order valence-corrected chi connectivity index (χ2v) is 6.21. The monoisotopic (exact) mass is 286 g/mol. The zero-order chi connectivity index (χ0) is 14.8. The van der Waals surface area contributed by atoms with Crippen LogP contribution in [0.5, 0.6) is 0 Å². The Kier molecular flexibility index (Phi) is 3.95. The maximum atomic E-state index is 12.8. The summed E-state index contributed by atoms with van der Waals surface area (Å²) < 4.78 is 0. The molecule has 1 N–H and O–H groups in total. The van der Waals surface area contributed by atoms with Crippen molar-refractivity contribution in [2.75, 3.05) is 11.4 Å². The van der Waals surface area contributed by atoms with Gasteiger partial charge in [-0.1, -0.05) is 31.4 Å². The summed E-state index contributed by atoms with van der Waals surface area (Å²) in [7, 11) is 0. The van der Waals surface area contributed by atoms with Crippen molar-refractivity contribution in [3.05, 3.63) is 29.8 Å². The number of carbonyl (C=O) groups is 2. The number of anilines is 1. The molecule has 0 bridgehead atoms. The van der Waals surface area contributed by atoms with Gasteiger partial charge in [0.05, 0.1) is 0 Å². The summed E-state index contributed by atoms with van der Waals surface area (Å²) in [5.74, 6) is 0.293. The molecule has 21 heavy (non-hydrogen) atoms. The third kappa shape index (κ3) is 2.94. The van der Waals surface area contributed by atoms with Crippen LogP contribution in [0.3, 0.4) is 0 Å². The first kappa shape index (κ1) is 14.1. The van der Waals surface area contributed by atoms with E-state index in [-0.39, 0.29) is 24.4 Å². The van der Waals surface area contributed by atoms with Gasteiger partial charge in [-0.2, -0.15) is 0 Å². The first-order valence-corrected chi connectivity index (χ1v) is 7.82. The highest BCUT2D eigenvalue weighted by molar-refractivity contribution is 6.06. The molecule has 0 aromatic heterocycles. The molecule has 112 valence electrons. The average Bonchev–Trinajstić information content (AvgIpc) is 2.50. The molecule has 0 spiro atoms. The number of hydrogen-bond acceptors (Lipinski definition) is 2. The van der Waals surface area contributed by atoms with E-state index < -0.39 is 0 Å². The summed E-state index contributed by atoms with van der Waals surface area (Å²) in [5, 5.41) is 2.92. The van der Waals surface area contributed by atoms with Crippen LogP contribution in [0.4, 0.5) is 5.69 Å². The van der Waals surface area contributed by atoms with Crippen molar-refractivity contribution in [2.45, 2.75) is 45.1 Å². The highest BCUT2D eigenvalue weighted by Crippen LogP contribution is 2.29. The van der Waals surface area contributed by atoms with Crippen LogP contribution in [-0.4, -0.2) is 24.4 Å². The molecule has 2 aliphatic rings. The lowest BCUT2D eigenvalue weighted by molar-refractivity contribution is -0.132. The van der Waals surface area contributed by atoms with Gasteiger partial charge in [-0.15, -0.1) is 0 Å². The van der Waals surface area contributed by atoms with E-state index in [4.69, 9.17) is 0 Å². The Bertz CT molecular complexity index is 549. The Morgan fingerprint density at radius 1 is 1.14 bits per heavy atom. The smallest absolute Gasteiger partial charge is 0.250 e. The predicted molar refractivity (Wildman–Crippen MR) is 82.0 cm³/mol. The van der Waals surface area contributed by atoms with Crippen molar-refractivity contribution in [2.24, 2.45) is 5.92 Å². The van der Waals surface area contributed by atoms with E-state index in [1.165, 1.54) is 6.42 Å². The van der Waals surface area contributed by atoms with Crippen molar-refractivity contribution in [3.8, 4) is 0 Å². The van der Waals surface area contributed by atoms with Crippen LogP contribution in [0.1, 0.15) is 37.7 Å². The van der Waals surface area contributed by atoms with Crippen molar-refractivity contribution in [3.63, 3.8) is 0 Å². The highest BCUT2D eigenvalue weighted by Gasteiger charge is 2.38. The van der Waals surface area contributed by atoms with Gasteiger partial charge in [-0.3, -0.25) is 9.59 Å². The van der Waals surface area contributed by atoms with E-state index in [0.717, 1.165) is 36.9 Å². The van der Waals surface area contributed by atoms with Crippen molar-refractivity contribution < 1.29 is 9.59 Å². The third-order valence-electron chi connectivity index (χ3n) is 4.58. The Balaban J connectivity index is 1.84. The van der Waals surface area contributed by atoms with Crippen LogP contribution in [-0.2, 0) is 9.59 Å². The van der Waals surface area contributed by atoms with Gasteiger partial charge in [0.1, 0.15) is 12.6 Å². The van der Waals surface area contributed by atoms with Gasteiger partial charge >= 0.3 is 0 Å². The maximum absolute atomic E-state index is 12.8. The van der Waals surface area contributed by atoms with E-state index in [1.54, 1.807) is 4.90 Å². The van der Waals surface area contributed by atoms with Crippen molar-refractivity contribution in [1.29, 1.82) is 0 Å². The molecule has 1 aliphatic heterocycles. The molecule has 1 aromatic carbocycles. The molecule has 2 amide bonds. The molecule has 1 unspecified atom stereocenters. The number of amides is 2. The number of nitrogens with one attached hydrogen (secondary N) is 1. The Morgan fingerprint density at radius 2 is 1.90 bits per heavy atom. The van der Waals surface area contributed by atoms with Gasteiger partial charge in [-0.05, 0) is 43.4 Å². The quantitative estimate of drug-likeness (QED) is 0.907. The molecule has 0 radical (unpaired) electrons. The number of piperazine rings is 1. The van der Waals surface area contributed by atoms with E-state index >= 15 is 0 Å². The second kappa shape index (κ2) is 5.88. The topological polar surface area (TPSA) is 49.4 Å². The number of nitrogens with zero attached hydrogens (tertiary/aromatic N) is 1. The zero-order valence-corrected chi connectivity index (χ0v) is 12.5. The standard InChI is InChI=1S/C17H22N2O2/c1-12-6-5-9-14(10-12)19-11-15(20)18-16(17(19)21)13-7-3-2-4-8-13/h5-6,9-10,13,16H,2-4,7-8,11H2,1H3,(H,18,20). The Labute approximate surface area is 125 Å². The summed E-state index contributed by atoms with van der Waals surface area (Å²) in [6.45, 7) is 2.13. The molecule has 1 aliphatic carbocycles.